The Kier molecular flexibility index (Phi) is 2.02. The SMILES string of the molecule is C1=CCC2(C1)CCCCCC2. The standard InChI is InChI=1S/C11H18/c1-2-4-8-11(7-3-1)9-5-6-10-11/h5-6H,1-4,7-10H2. The van der Waals surface area contributed by atoms with Gasteiger partial charge in [-0.15, -0.1) is 0 Å². The Hall–Kier alpha value is -0.260. The van der Waals surface area contributed by atoms with Gasteiger partial charge in [-0.2, -0.15) is 0 Å². The van der Waals surface area contributed by atoms with E-state index < -0.39 is 0 Å². The van der Waals surface area contributed by atoms with Crippen LogP contribution in [-0.2, 0) is 0 Å². The van der Waals surface area contributed by atoms with E-state index in [1.807, 2.05) is 0 Å². The van der Waals surface area contributed by atoms with Gasteiger partial charge in [0, 0.05) is 0 Å². The van der Waals surface area contributed by atoms with Crippen molar-refractivity contribution in [1.82, 2.24) is 0 Å². The van der Waals surface area contributed by atoms with Crippen molar-refractivity contribution in [3.63, 3.8) is 0 Å². The number of rotatable bonds is 0. The molecule has 1 fully saturated rings. The van der Waals surface area contributed by atoms with Gasteiger partial charge in [-0.3, -0.25) is 0 Å². The lowest BCUT2D eigenvalue weighted by Gasteiger charge is -2.26. The molecule has 0 aliphatic heterocycles. The van der Waals surface area contributed by atoms with Crippen LogP contribution in [0.25, 0.3) is 0 Å². The molecule has 1 spiro atoms. The van der Waals surface area contributed by atoms with E-state index in [1.54, 1.807) is 0 Å². The van der Waals surface area contributed by atoms with Crippen LogP contribution in [0.4, 0.5) is 0 Å². The summed E-state index contributed by atoms with van der Waals surface area (Å²) in [4.78, 5) is 0. The normalized spacial score (nSPS) is 29.1. The second-order valence-corrected chi connectivity index (χ2v) is 4.29. The van der Waals surface area contributed by atoms with Gasteiger partial charge in [-0.1, -0.05) is 37.8 Å². The lowest BCUT2D eigenvalue weighted by molar-refractivity contribution is 0.265. The Morgan fingerprint density at radius 3 is 1.82 bits per heavy atom. The number of hydrogen-bond acceptors (Lipinski definition) is 0. The minimum atomic E-state index is 0.747. The second-order valence-electron chi connectivity index (χ2n) is 4.29. The van der Waals surface area contributed by atoms with Gasteiger partial charge in [0.25, 0.3) is 0 Å². The van der Waals surface area contributed by atoms with Crippen LogP contribution < -0.4 is 0 Å². The summed E-state index contributed by atoms with van der Waals surface area (Å²) in [5.74, 6) is 0. The molecule has 0 bridgehead atoms. The fourth-order valence-electron chi connectivity index (χ4n) is 2.64. The molecule has 2 aliphatic rings. The molecule has 0 N–H and O–H groups in total. The number of allylic oxidation sites excluding steroid dienone is 2. The highest BCUT2D eigenvalue weighted by molar-refractivity contribution is 5.03. The Labute approximate surface area is 69.7 Å². The van der Waals surface area contributed by atoms with Crippen molar-refractivity contribution in [3.8, 4) is 0 Å². The molecule has 0 heterocycles. The summed E-state index contributed by atoms with van der Waals surface area (Å²) >= 11 is 0. The first-order valence-corrected chi connectivity index (χ1v) is 5.06. The first-order valence-electron chi connectivity index (χ1n) is 5.06. The summed E-state index contributed by atoms with van der Waals surface area (Å²) in [5, 5.41) is 0. The second kappa shape index (κ2) is 3.00. The van der Waals surface area contributed by atoms with Gasteiger partial charge in [0.1, 0.15) is 0 Å². The highest BCUT2D eigenvalue weighted by Crippen LogP contribution is 2.44. The van der Waals surface area contributed by atoms with E-state index in [2.05, 4.69) is 12.2 Å². The van der Waals surface area contributed by atoms with E-state index >= 15 is 0 Å². The van der Waals surface area contributed by atoms with Crippen molar-refractivity contribution in [1.29, 1.82) is 0 Å². The molecule has 0 atom stereocenters. The molecule has 11 heavy (non-hydrogen) atoms. The maximum Gasteiger partial charge on any atom is -0.0228 e. The molecule has 0 aromatic rings. The first kappa shape index (κ1) is 7.39. The molecule has 0 radical (unpaired) electrons. The van der Waals surface area contributed by atoms with E-state index in [1.165, 1.54) is 51.4 Å². The van der Waals surface area contributed by atoms with Gasteiger partial charge in [-0.05, 0) is 31.1 Å². The Bertz CT molecular complexity index is 137. The maximum atomic E-state index is 2.39. The highest BCUT2D eigenvalue weighted by atomic mass is 14.4. The van der Waals surface area contributed by atoms with Crippen LogP contribution in [0, 0.1) is 5.41 Å². The topological polar surface area (TPSA) is 0 Å². The zero-order valence-corrected chi connectivity index (χ0v) is 7.31. The molecule has 1 saturated carbocycles. The van der Waals surface area contributed by atoms with Crippen LogP contribution in [0.15, 0.2) is 12.2 Å². The molecule has 2 rings (SSSR count). The highest BCUT2D eigenvalue weighted by Gasteiger charge is 2.30. The largest absolute Gasteiger partial charge is 0.0880 e. The van der Waals surface area contributed by atoms with Gasteiger partial charge < -0.3 is 0 Å². The fourth-order valence-corrected chi connectivity index (χ4v) is 2.64. The third-order valence-electron chi connectivity index (χ3n) is 3.43. The average molecular weight is 150 g/mol. The summed E-state index contributed by atoms with van der Waals surface area (Å²) in [6.07, 6.45) is 16.5. The van der Waals surface area contributed by atoms with Gasteiger partial charge in [0.2, 0.25) is 0 Å². The van der Waals surface area contributed by atoms with Gasteiger partial charge in [0.05, 0.1) is 0 Å². The van der Waals surface area contributed by atoms with Crippen molar-refractivity contribution in [2.75, 3.05) is 0 Å². The average Bonchev–Trinajstić information content (AvgIpc) is 2.32. The van der Waals surface area contributed by atoms with Crippen molar-refractivity contribution < 1.29 is 0 Å². The lowest BCUT2D eigenvalue weighted by atomic mass is 9.78. The zero-order chi connectivity index (χ0) is 7.57. The molecular formula is C11H18. The zero-order valence-electron chi connectivity index (χ0n) is 7.31. The molecule has 0 heteroatoms. The Morgan fingerprint density at radius 1 is 0.727 bits per heavy atom. The molecule has 2 aliphatic carbocycles. The smallest absolute Gasteiger partial charge is 0.0228 e. The van der Waals surface area contributed by atoms with E-state index in [9.17, 15) is 0 Å². The van der Waals surface area contributed by atoms with Gasteiger partial charge in [0.15, 0.2) is 0 Å². The van der Waals surface area contributed by atoms with E-state index in [4.69, 9.17) is 0 Å². The Morgan fingerprint density at radius 2 is 1.27 bits per heavy atom. The van der Waals surface area contributed by atoms with E-state index in [0.717, 1.165) is 5.41 Å². The first-order chi connectivity index (χ1) is 5.41. The van der Waals surface area contributed by atoms with Crippen molar-refractivity contribution >= 4 is 0 Å². The Balaban J connectivity index is 1.99. The van der Waals surface area contributed by atoms with Gasteiger partial charge in [-0.25, -0.2) is 0 Å². The molecule has 0 unspecified atom stereocenters. The molecule has 0 aromatic heterocycles. The number of hydrogen-bond donors (Lipinski definition) is 0. The predicted octanol–water partition coefficient (Wildman–Crippen LogP) is 3.68. The summed E-state index contributed by atoms with van der Waals surface area (Å²) < 4.78 is 0. The maximum absolute atomic E-state index is 2.39. The minimum absolute atomic E-state index is 0.747. The quantitative estimate of drug-likeness (QED) is 0.462. The van der Waals surface area contributed by atoms with Crippen LogP contribution in [0.1, 0.15) is 51.4 Å². The van der Waals surface area contributed by atoms with Crippen molar-refractivity contribution in [2.45, 2.75) is 51.4 Å². The van der Waals surface area contributed by atoms with Crippen LogP contribution in [-0.4, -0.2) is 0 Å². The fraction of sp³-hybridized carbons (Fsp3) is 0.818. The molecule has 0 saturated heterocycles. The van der Waals surface area contributed by atoms with Crippen LogP contribution in [0.5, 0.6) is 0 Å². The predicted molar refractivity (Wildman–Crippen MR) is 48.5 cm³/mol. The van der Waals surface area contributed by atoms with Crippen molar-refractivity contribution in [2.24, 2.45) is 5.41 Å². The molecule has 0 aromatic carbocycles. The van der Waals surface area contributed by atoms with Crippen LogP contribution >= 0.6 is 0 Å². The van der Waals surface area contributed by atoms with Gasteiger partial charge >= 0.3 is 0 Å². The summed E-state index contributed by atoms with van der Waals surface area (Å²) in [6, 6.07) is 0. The summed E-state index contributed by atoms with van der Waals surface area (Å²) in [5.41, 5.74) is 0.747. The third-order valence-corrected chi connectivity index (χ3v) is 3.43. The van der Waals surface area contributed by atoms with E-state index in [0.29, 0.717) is 0 Å². The molecule has 0 nitrogen and oxygen atoms in total. The third kappa shape index (κ3) is 1.50. The molecule has 62 valence electrons. The van der Waals surface area contributed by atoms with E-state index in [-0.39, 0.29) is 0 Å². The van der Waals surface area contributed by atoms with Crippen molar-refractivity contribution in [3.05, 3.63) is 12.2 Å². The molecular weight excluding hydrogens is 132 g/mol. The van der Waals surface area contributed by atoms with Crippen LogP contribution in [0.2, 0.25) is 0 Å². The summed E-state index contributed by atoms with van der Waals surface area (Å²) in [6.45, 7) is 0. The summed E-state index contributed by atoms with van der Waals surface area (Å²) in [7, 11) is 0. The minimum Gasteiger partial charge on any atom is -0.0880 e. The van der Waals surface area contributed by atoms with Crippen LogP contribution in [0.3, 0.4) is 0 Å². The lowest BCUT2D eigenvalue weighted by Crippen LogP contribution is -2.14. The monoisotopic (exact) mass is 150 g/mol. The molecule has 0 amide bonds.